The number of ether oxygens (including phenoxy) is 2. The van der Waals surface area contributed by atoms with E-state index in [1.807, 2.05) is 0 Å². The molecule has 190 valence electrons. The van der Waals surface area contributed by atoms with E-state index in [0.717, 1.165) is 4.57 Å². The standard InChI is InChI=1S/C27H27N5O5/c1-18-7-9-20(10-8-18)17-31-25(30-26(34)32(27(31)35)16-19(2)24(33)36-3)29-21-11-13-22(14-12-21)37-23-6-4-5-15-28-23/h4-15,19H,16-17H2,1-3H3,(H,29,30,34)/t19-/m0/s1/i1D3. The molecule has 2 aromatic carbocycles. The van der Waals surface area contributed by atoms with E-state index in [0.29, 0.717) is 22.9 Å². The summed E-state index contributed by atoms with van der Waals surface area (Å²) < 4.78 is 35.3. The second-order valence-corrected chi connectivity index (χ2v) is 8.24. The third-order valence-corrected chi connectivity index (χ3v) is 5.48. The normalized spacial score (nSPS) is 13.1. The first kappa shape index (κ1) is 21.5. The maximum atomic E-state index is 13.5. The van der Waals surface area contributed by atoms with Crippen LogP contribution in [0.3, 0.4) is 0 Å². The molecule has 0 fully saturated rings. The third-order valence-electron chi connectivity index (χ3n) is 5.48. The predicted molar refractivity (Wildman–Crippen MR) is 138 cm³/mol. The number of carbonyl (C=O) groups excluding carboxylic acids is 1. The van der Waals surface area contributed by atoms with Crippen molar-refractivity contribution in [3.8, 4) is 11.6 Å². The fourth-order valence-corrected chi connectivity index (χ4v) is 3.53. The lowest BCUT2D eigenvalue weighted by molar-refractivity contribution is -0.145. The van der Waals surface area contributed by atoms with Gasteiger partial charge in [0.05, 0.1) is 19.6 Å². The molecule has 4 rings (SSSR count). The molecule has 4 aromatic rings. The summed E-state index contributed by atoms with van der Waals surface area (Å²) in [6.07, 6.45) is 1.61. The van der Waals surface area contributed by atoms with Gasteiger partial charge in [-0.25, -0.2) is 19.1 Å². The number of hydrogen-bond acceptors (Lipinski definition) is 8. The van der Waals surface area contributed by atoms with Gasteiger partial charge < -0.3 is 14.8 Å². The largest absolute Gasteiger partial charge is 0.469 e. The molecule has 0 aliphatic carbocycles. The summed E-state index contributed by atoms with van der Waals surface area (Å²) in [6, 6.07) is 18.1. The van der Waals surface area contributed by atoms with Crippen LogP contribution in [0, 0.1) is 12.8 Å². The van der Waals surface area contributed by atoms with Gasteiger partial charge >= 0.3 is 17.3 Å². The first-order chi connectivity index (χ1) is 19.0. The van der Waals surface area contributed by atoms with E-state index in [1.54, 1.807) is 60.8 Å². The Labute approximate surface area is 217 Å². The molecule has 0 radical (unpaired) electrons. The summed E-state index contributed by atoms with van der Waals surface area (Å²) in [6.45, 7) is -0.984. The molecule has 0 aliphatic heterocycles. The molecule has 37 heavy (non-hydrogen) atoms. The molecule has 0 aliphatic rings. The Morgan fingerprint density at radius 2 is 1.81 bits per heavy atom. The molecule has 2 aromatic heterocycles. The van der Waals surface area contributed by atoms with Crippen LogP contribution in [0.5, 0.6) is 11.6 Å². The van der Waals surface area contributed by atoms with Gasteiger partial charge in [-0.3, -0.25) is 9.36 Å². The number of esters is 1. The molecule has 10 heteroatoms. The summed E-state index contributed by atoms with van der Waals surface area (Å²) in [7, 11) is 1.22. The Balaban J connectivity index is 1.67. The number of aromatic nitrogens is 4. The lowest BCUT2D eigenvalue weighted by Gasteiger charge is -2.17. The van der Waals surface area contributed by atoms with Crippen molar-refractivity contribution in [3.63, 3.8) is 0 Å². The number of nitrogens with one attached hydrogen (secondary N) is 1. The van der Waals surface area contributed by atoms with Crippen LogP contribution in [0.4, 0.5) is 11.6 Å². The quantitative estimate of drug-likeness (QED) is 0.344. The van der Waals surface area contributed by atoms with Crippen molar-refractivity contribution in [3.05, 3.63) is 105 Å². The molecule has 0 saturated heterocycles. The zero-order valence-electron chi connectivity index (χ0n) is 23.2. The lowest BCUT2D eigenvalue weighted by atomic mass is 10.1. The molecular weight excluding hydrogens is 474 g/mol. The molecule has 0 spiro atoms. The summed E-state index contributed by atoms with van der Waals surface area (Å²) >= 11 is 0. The number of aryl methyl sites for hydroxylation is 1. The summed E-state index contributed by atoms with van der Waals surface area (Å²) in [5.41, 5.74) is -0.261. The molecule has 0 unspecified atom stereocenters. The van der Waals surface area contributed by atoms with Crippen molar-refractivity contribution in [1.82, 2.24) is 19.1 Å². The van der Waals surface area contributed by atoms with E-state index in [9.17, 15) is 14.4 Å². The predicted octanol–water partition coefficient (Wildman–Crippen LogP) is 3.50. The van der Waals surface area contributed by atoms with Gasteiger partial charge in [-0.15, -0.1) is 0 Å². The van der Waals surface area contributed by atoms with Gasteiger partial charge in [-0.1, -0.05) is 42.8 Å². The number of nitrogens with zero attached hydrogens (tertiary/aromatic N) is 4. The van der Waals surface area contributed by atoms with E-state index < -0.39 is 30.1 Å². The van der Waals surface area contributed by atoms with Gasteiger partial charge in [0.15, 0.2) is 0 Å². The number of anilines is 2. The van der Waals surface area contributed by atoms with Crippen molar-refractivity contribution in [2.24, 2.45) is 5.92 Å². The van der Waals surface area contributed by atoms with Crippen LogP contribution in [0.15, 0.2) is 82.5 Å². The molecule has 1 N–H and O–H groups in total. The van der Waals surface area contributed by atoms with E-state index in [4.69, 9.17) is 13.6 Å². The maximum absolute atomic E-state index is 13.5. The van der Waals surface area contributed by atoms with E-state index in [1.165, 1.54) is 30.7 Å². The lowest BCUT2D eigenvalue weighted by Crippen LogP contribution is -2.44. The van der Waals surface area contributed by atoms with Gasteiger partial charge in [0.2, 0.25) is 11.8 Å². The fraction of sp³-hybridized carbons (Fsp3) is 0.222. The number of hydrogen-bond donors (Lipinski definition) is 1. The molecule has 10 nitrogen and oxygen atoms in total. The van der Waals surface area contributed by atoms with E-state index in [2.05, 4.69) is 15.3 Å². The topological polar surface area (TPSA) is 117 Å². The Morgan fingerprint density at radius 1 is 1.05 bits per heavy atom. The Bertz CT molecular complexity index is 1590. The van der Waals surface area contributed by atoms with Crippen LogP contribution < -0.4 is 21.4 Å². The molecule has 0 saturated carbocycles. The average Bonchev–Trinajstić information content (AvgIpc) is 2.94. The second kappa shape index (κ2) is 11.3. The van der Waals surface area contributed by atoms with Crippen molar-refractivity contribution >= 4 is 17.6 Å². The highest BCUT2D eigenvalue weighted by Gasteiger charge is 2.20. The van der Waals surface area contributed by atoms with Gasteiger partial charge in [-0.05, 0) is 42.7 Å². The summed E-state index contributed by atoms with van der Waals surface area (Å²) in [5, 5.41) is 3.00. The monoisotopic (exact) mass is 504 g/mol. The van der Waals surface area contributed by atoms with Gasteiger partial charge in [0, 0.05) is 28.6 Å². The molecule has 0 amide bonds. The second-order valence-electron chi connectivity index (χ2n) is 8.24. The highest BCUT2D eigenvalue weighted by atomic mass is 16.5. The minimum atomic E-state index is -2.27. The van der Waals surface area contributed by atoms with Crippen molar-refractivity contribution < 1.29 is 18.4 Å². The van der Waals surface area contributed by atoms with Crippen LogP contribution in [0.1, 0.15) is 22.2 Å². The number of rotatable bonds is 9. The van der Waals surface area contributed by atoms with Crippen LogP contribution in [0.2, 0.25) is 0 Å². The van der Waals surface area contributed by atoms with Crippen LogP contribution >= 0.6 is 0 Å². The number of methoxy groups -OCH3 is 1. The smallest absolute Gasteiger partial charge is 0.354 e. The first-order valence-electron chi connectivity index (χ1n) is 12.9. The van der Waals surface area contributed by atoms with E-state index in [-0.39, 0.29) is 24.6 Å². The Hall–Kier alpha value is -4.73. The van der Waals surface area contributed by atoms with Crippen LogP contribution in [-0.4, -0.2) is 32.2 Å². The molecule has 0 bridgehead atoms. The van der Waals surface area contributed by atoms with E-state index >= 15 is 0 Å². The molecular formula is C27H27N5O5. The van der Waals surface area contributed by atoms with Crippen LogP contribution in [-0.2, 0) is 22.6 Å². The zero-order chi connectivity index (χ0) is 28.9. The average molecular weight is 505 g/mol. The first-order valence-corrected chi connectivity index (χ1v) is 11.4. The SMILES string of the molecule is [2H]C([2H])([2H])c1ccc(Cn2c(Nc3ccc(Oc4ccccn4)cc3)nc(=O)n(C[C@H](C)C(=O)OC)c2=O)cc1. The highest BCUT2D eigenvalue weighted by Crippen LogP contribution is 2.22. The number of benzene rings is 2. The Kier molecular flexibility index (Phi) is 6.60. The van der Waals surface area contributed by atoms with Crippen LogP contribution in [0.25, 0.3) is 0 Å². The minimum absolute atomic E-state index is 0.0246. The number of carbonyl (C=O) groups is 1. The number of pyridine rings is 1. The highest BCUT2D eigenvalue weighted by molar-refractivity contribution is 5.71. The molecule has 1 atom stereocenters. The van der Waals surface area contributed by atoms with Gasteiger partial charge in [0.1, 0.15) is 5.75 Å². The minimum Gasteiger partial charge on any atom is -0.469 e. The maximum Gasteiger partial charge on any atom is 0.354 e. The summed E-state index contributed by atoms with van der Waals surface area (Å²) in [4.78, 5) is 46.5. The van der Waals surface area contributed by atoms with Crippen molar-refractivity contribution in [1.29, 1.82) is 0 Å². The van der Waals surface area contributed by atoms with Gasteiger partial charge in [0.25, 0.3) is 0 Å². The van der Waals surface area contributed by atoms with Gasteiger partial charge in [-0.2, -0.15) is 4.98 Å². The zero-order valence-corrected chi connectivity index (χ0v) is 20.2. The van der Waals surface area contributed by atoms with Crippen molar-refractivity contribution in [2.75, 3.05) is 12.4 Å². The summed E-state index contributed by atoms with van der Waals surface area (Å²) in [5.74, 6) is -0.428. The van der Waals surface area contributed by atoms with Crippen molar-refractivity contribution in [2.45, 2.75) is 26.9 Å². The molecule has 2 heterocycles. The Morgan fingerprint density at radius 3 is 2.46 bits per heavy atom. The fourth-order valence-electron chi connectivity index (χ4n) is 3.53. The third kappa shape index (κ3) is 6.29.